The first-order chi connectivity index (χ1) is 11.8. The van der Waals surface area contributed by atoms with Gasteiger partial charge in [-0.05, 0) is 38.8 Å². The lowest BCUT2D eigenvalue weighted by molar-refractivity contribution is 0.0700. The maximum Gasteiger partial charge on any atom is 0.273 e. The van der Waals surface area contributed by atoms with E-state index in [9.17, 15) is 4.79 Å². The van der Waals surface area contributed by atoms with Crippen LogP contribution in [0.2, 0.25) is 0 Å². The largest absolute Gasteiger partial charge is 0.337 e. The summed E-state index contributed by atoms with van der Waals surface area (Å²) in [6.07, 6.45) is 6.70. The summed E-state index contributed by atoms with van der Waals surface area (Å²) in [5.41, 5.74) is 4.81. The number of carbonyl (C=O) groups excluding carboxylic acids is 1. The topological polar surface area (TPSA) is 65.1 Å². The summed E-state index contributed by atoms with van der Waals surface area (Å²) in [4.78, 5) is 21.2. The van der Waals surface area contributed by atoms with E-state index in [0.29, 0.717) is 11.6 Å². The Morgan fingerprint density at radius 2 is 2.17 bits per heavy atom. The standard InChI is InChI=1S/C17H23N5OS/c23-17(15-11-24-12-18-15)22-7-3-4-13(10-22)16-14(8-19-20-16)9-21-5-1-2-6-21/h8,11-13H,1-7,9-10H2,(H,19,20). The van der Waals surface area contributed by atoms with Crippen LogP contribution in [0.4, 0.5) is 0 Å². The van der Waals surface area contributed by atoms with Crippen molar-refractivity contribution < 1.29 is 4.79 Å². The Kier molecular flexibility index (Phi) is 4.62. The molecule has 4 heterocycles. The first kappa shape index (κ1) is 15.8. The fourth-order valence-corrected chi connectivity index (χ4v) is 4.39. The van der Waals surface area contributed by atoms with Crippen molar-refractivity contribution in [1.82, 2.24) is 25.0 Å². The third-order valence-electron chi connectivity index (χ3n) is 5.11. The van der Waals surface area contributed by atoms with Crippen LogP contribution in [0.15, 0.2) is 17.1 Å². The number of hydrogen-bond donors (Lipinski definition) is 1. The van der Waals surface area contributed by atoms with E-state index < -0.39 is 0 Å². The number of hydrogen-bond acceptors (Lipinski definition) is 5. The first-order valence-electron chi connectivity index (χ1n) is 8.73. The summed E-state index contributed by atoms with van der Waals surface area (Å²) >= 11 is 1.47. The van der Waals surface area contributed by atoms with Gasteiger partial charge < -0.3 is 4.90 Å². The van der Waals surface area contributed by atoms with Gasteiger partial charge in [-0.25, -0.2) is 4.98 Å². The maximum atomic E-state index is 12.6. The normalized spacial score (nSPS) is 22.2. The van der Waals surface area contributed by atoms with E-state index in [1.165, 1.54) is 48.5 Å². The molecule has 1 amide bonds. The Bertz CT molecular complexity index is 677. The number of H-pyrrole nitrogens is 1. The van der Waals surface area contributed by atoms with Gasteiger partial charge in [-0.15, -0.1) is 11.3 Å². The molecule has 2 fully saturated rings. The first-order valence-corrected chi connectivity index (χ1v) is 9.67. The van der Waals surface area contributed by atoms with Crippen LogP contribution in [0.1, 0.15) is 53.3 Å². The maximum absolute atomic E-state index is 12.6. The van der Waals surface area contributed by atoms with Gasteiger partial charge in [0.15, 0.2) is 0 Å². The molecule has 24 heavy (non-hydrogen) atoms. The highest BCUT2D eigenvalue weighted by Gasteiger charge is 2.29. The van der Waals surface area contributed by atoms with Crippen LogP contribution in [-0.2, 0) is 6.54 Å². The summed E-state index contributed by atoms with van der Waals surface area (Å²) in [6, 6.07) is 0. The van der Waals surface area contributed by atoms with Crippen molar-refractivity contribution in [3.63, 3.8) is 0 Å². The van der Waals surface area contributed by atoms with Gasteiger partial charge in [0, 0.05) is 42.2 Å². The molecule has 1 unspecified atom stereocenters. The molecule has 2 aliphatic rings. The molecule has 0 spiro atoms. The third-order valence-corrected chi connectivity index (χ3v) is 5.70. The molecule has 2 aromatic rings. The molecule has 2 saturated heterocycles. The summed E-state index contributed by atoms with van der Waals surface area (Å²) < 4.78 is 0. The van der Waals surface area contributed by atoms with E-state index in [0.717, 1.165) is 32.5 Å². The highest BCUT2D eigenvalue weighted by atomic mass is 32.1. The number of rotatable bonds is 4. The van der Waals surface area contributed by atoms with Gasteiger partial charge in [0.1, 0.15) is 5.69 Å². The average molecular weight is 345 g/mol. The molecule has 0 bridgehead atoms. The van der Waals surface area contributed by atoms with Crippen LogP contribution in [0, 0.1) is 0 Å². The van der Waals surface area contributed by atoms with E-state index in [1.54, 1.807) is 5.51 Å². The number of thiazole rings is 1. The number of carbonyl (C=O) groups is 1. The van der Waals surface area contributed by atoms with Crippen molar-refractivity contribution in [2.24, 2.45) is 0 Å². The third kappa shape index (κ3) is 3.23. The highest BCUT2D eigenvalue weighted by Crippen LogP contribution is 2.29. The van der Waals surface area contributed by atoms with Crippen LogP contribution in [0.5, 0.6) is 0 Å². The Labute approximate surface area is 145 Å². The molecular formula is C17H23N5OS. The van der Waals surface area contributed by atoms with Gasteiger partial charge in [-0.1, -0.05) is 0 Å². The highest BCUT2D eigenvalue weighted by molar-refractivity contribution is 7.07. The molecule has 2 aliphatic heterocycles. The summed E-state index contributed by atoms with van der Waals surface area (Å²) in [5, 5.41) is 9.34. The Balaban J connectivity index is 1.46. The molecule has 0 radical (unpaired) electrons. The zero-order chi connectivity index (χ0) is 16.4. The predicted molar refractivity (Wildman–Crippen MR) is 93.1 cm³/mol. The average Bonchev–Trinajstić information content (AvgIpc) is 3.37. The molecule has 128 valence electrons. The molecule has 7 heteroatoms. The number of aromatic amines is 1. The van der Waals surface area contributed by atoms with Crippen LogP contribution < -0.4 is 0 Å². The minimum absolute atomic E-state index is 0.0570. The van der Waals surface area contributed by atoms with E-state index in [4.69, 9.17) is 0 Å². The van der Waals surface area contributed by atoms with Gasteiger partial charge in [0.2, 0.25) is 0 Å². The Morgan fingerprint density at radius 1 is 1.29 bits per heavy atom. The Hall–Kier alpha value is -1.73. The number of likely N-dealkylation sites (tertiary alicyclic amines) is 2. The van der Waals surface area contributed by atoms with Crippen molar-refractivity contribution in [3.05, 3.63) is 34.0 Å². The predicted octanol–water partition coefficient (Wildman–Crippen LogP) is 2.48. The van der Waals surface area contributed by atoms with Crippen molar-refractivity contribution in [3.8, 4) is 0 Å². The minimum atomic E-state index is 0.0570. The van der Waals surface area contributed by atoms with Gasteiger partial charge >= 0.3 is 0 Å². The van der Waals surface area contributed by atoms with E-state index >= 15 is 0 Å². The quantitative estimate of drug-likeness (QED) is 0.924. The van der Waals surface area contributed by atoms with Crippen molar-refractivity contribution >= 4 is 17.2 Å². The lowest BCUT2D eigenvalue weighted by Crippen LogP contribution is -2.39. The summed E-state index contributed by atoms with van der Waals surface area (Å²) in [5.74, 6) is 0.406. The van der Waals surface area contributed by atoms with E-state index in [2.05, 4.69) is 20.1 Å². The summed E-state index contributed by atoms with van der Waals surface area (Å²) in [7, 11) is 0. The summed E-state index contributed by atoms with van der Waals surface area (Å²) in [6.45, 7) is 4.92. The van der Waals surface area contributed by atoms with E-state index in [-0.39, 0.29) is 5.91 Å². The van der Waals surface area contributed by atoms with E-state index in [1.807, 2.05) is 16.5 Å². The van der Waals surface area contributed by atoms with Crippen LogP contribution in [0.25, 0.3) is 0 Å². The molecule has 4 rings (SSSR count). The van der Waals surface area contributed by atoms with Gasteiger partial charge in [0.25, 0.3) is 5.91 Å². The lowest BCUT2D eigenvalue weighted by atomic mass is 9.92. The van der Waals surface area contributed by atoms with Gasteiger partial charge in [-0.2, -0.15) is 5.10 Å². The molecule has 6 nitrogen and oxygen atoms in total. The lowest BCUT2D eigenvalue weighted by Gasteiger charge is -2.32. The van der Waals surface area contributed by atoms with Crippen molar-refractivity contribution in [2.45, 2.75) is 38.1 Å². The van der Waals surface area contributed by atoms with Crippen LogP contribution >= 0.6 is 11.3 Å². The van der Waals surface area contributed by atoms with Crippen LogP contribution in [-0.4, -0.2) is 57.1 Å². The molecule has 0 aliphatic carbocycles. The molecule has 0 aromatic carbocycles. The monoisotopic (exact) mass is 345 g/mol. The second-order valence-electron chi connectivity index (χ2n) is 6.76. The molecule has 1 atom stereocenters. The Morgan fingerprint density at radius 3 is 2.96 bits per heavy atom. The van der Waals surface area contributed by atoms with Gasteiger partial charge in [0.05, 0.1) is 11.7 Å². The SMILES string of the molecule is O=C(c1cscn1)N1CCCC(c2[nH]ncc2CN2CCCC2)C1. The number of nitrogens with zero attached hydrogens (tertiary/aromatic N) is 4. The number of piperidine rings is 1. The molecule has 1 N–H and O–H groups in total. The van der Waals surface area contributed by atoms with Crippen molar-refractivity contribution in [2.75, 3.05) is 26.2 Å². The number of nitrogens with one attached hydrogen (secondary N) is 1. The number of aromatic nitrogens is 3. The second-order valence-corrected chi connectivity index (χ2v) is 7.47. The van der Waals surface area contributed by atoms with Crippen LogP contribution in [0.3, 0.4) is 0 Å². The fraction of sp³-hybridized carbons (Fsp3) is 0.588. The zero-order valence-electron chi connectivity index (χ0n) is 13.8. The minimum Gasteiger partial charge on any atom is -0.337 e. The fourth-order valence-electron chi connectivity index (χ4n) is 3.86. The van der Waals surface area contributed by atoms with Crippen molar-refractivity contribution in [1.29, 1.82) is 0 Å². The zero-order valence-corrected chi connectivity index (χ0v) is 14.6. The number of amides is 1. The second kappa shape index (κ2) is 7.03. The molecule has 0 saturated carbocycles. The smallest absolute Gasteiger partial charge is 0.273 e. The molecular weight excluding hydrogens is 322 g/mol. The van der Waals surface area contributed by atoms with Gasteiger partial charge in [-0.3, -0.25) is 14.8 Å². The molecule has 2 aromatic heterocycles.